The molecule has 1 saturated heterocycles. The van der Waals surface area contributed by atoms with Crippen LogP contribution in [-0.4, -0.2) is 40.6 Å². The Morgan fingerprint density at radius 1 is 1.30 bits per heavy atom. The van der Waals surface area contributed by atoms with Crippen LogP contribution in [0.25, 0.3) is 0 Å². The van der Waals surface area contributed by atoms with Gasteiger partial charge in [-0.05, 0) is 17.9 Å². The van der Waals surface area contributed by atoms with Gasteiger partial charge in [0.15, 0.2) is 0 Å². The Bertz CT molecular complexity index is 639. The zero-order valence-corrected chi connectivity index (χ0v) is 13.5. The second kappa shape index (κ2) is 7.42. The topological polar surface area (TPSA) is 47.4 Å². The molecule has 1 aromatic heterocycles. The zero-order chi connectivity index (χ0) is 16.1. The molecule has 5 nitrogen and oxygen atoms in total. The van der Waals surface area contributed by atoms with E-state index in [1.807, 2.05) is 17.2 Å². The molecular formula is C18H23N3O2. The number of aromatic nitrogens is 2. The van der Waals surface area contributed by atoms with Gasteiger partial charge in [0, 0.05) is 32.8 Å². The first-order valence-electron chi connectivity index (χ1n) is 8.06. The molecule has 0 aliphatic carbocycles. The zero-order valence-electron chi connectivity index (χ0n) is 13.5. The minimum atomic E-state index is 0.241. The van der Waals surface area contributed by atoms with Crippen LogP contribution in [0.15, 0.2) is 42.9 Å². The van der Waals surface area contributed by atoms with E-state index in [-0.39, 0.29) is 5.91 Å². The van der Waals surface area contributed by atoms with Crippen molar-refractivity contribution in [3.8, 4) is 0 Å². The molecule has 3 rings (SSSR count). The van der Waals surface area contributed by atoms with Gasteiger partial charge in [0.1, 0.15) is 0 Å². The van der Waals surface area contributed by atoms with Gasteiger partial charge in [0.05, 0.1) is 25.2 Å². The van der Waals surface area contributed by atoms with Crippen molar-refractivity contribution in [2.45, 2.75) is 25.9 Å². The summed E-state index contributed by atoms with van der Waals surface area (Å²) in [6.07, 6.45) is 5.25. The van der Waals surface area contributed by atoms with Gasteiger partial charge in [-0.25, -0.2) is 4.98 Å². The Hall–Kier alpha value is -2.14. The lowest BCUT2D eigenvalue weighted by molar-refractivity contribution is -0.128. The van der Waals surface area contributed by atoms with Crippen molar-refractivity contribution in [2.75, 3.05) is 20.3 Å². The van der Waals surface area contributed by atoms with Gasteiger partial charge < -0.3 is 14.2 Å². The Labute approximate surface area is 136 Å². The van der Waals surface area contributed by atoms with Crippen LogP contribution in [0.5, 0.6) is 0 Å². The third-order valence-electron chi connectivity index (χ3n) is 4.35. The van der Waals surface area contributed by atoms with Crippen LogP contribution in [0.1, 0.15) is 17.7 Å². The van der Waals surface area contributed by atoms with E-state index in [1.165, 1.54) is 5.56 Å². The highest BCUT2D eigenvalue weighted by Crippen LogP contribution is 2.23. The Morgan fingerprint density at radius 2 is 2.13 bits per heavy atom. The second-order valence-electron chi connectivity index (χ2n) is 6.11. The first kappa shape index (κ1) is 15.7. The predicted octanol–water partition coefficient (Wildman–Crippen LogP) is 2.12. The van der Waals surface area contributed by atoms with Gasteiger partial charge in [0.2, 0.25) is 5.91 Å². The van der Waals surface area contributed by atoms with Crippen molar-refractivity contribution in [3.05, 3.63) is 54.1 Å². The highest BCUT2D eigenvalue weighted by molar-refractivity contribution is 5.78. The van der Waals surface area contributed by atoms with E-state index in [1.54, 1.807) is 13.4 Å². The number of amides is 1. The summed E-state index contributed by atoms with van der Waals surface area (Å²) in [6, 6.07) is 10.4. The normalized spacial score (nSPS) is 17.9. The fourth-order valence-electron chi connectivity index (χ4n) is 3.16. The Morgan fingerprint density at radius 3 is 2.91 bits per heavy atom. The molecule has 1 atom stereocenters. The summed E-state index contributed by atoms with van der Waals surface area (Å²) < 4.78 is 7.17. The van der Waals surface area contributed by atoms with Crippen LogP contribution >= 0.6 is 0 Å². The minimum absolute atomic E-state index is 0.241. The lowest BCUT2D eigenvalue weighted by Crippen LogP contribution is -2.26. The molecule has 23 heavy (non-hydrogen) atoms. The van der Waals surface area contributed by atoms with Gasteiger partial charge in [-0.1, -0.05) is 30.3 Å². The van der Waals surface area contributed by atoms with Crippen LogP contribution in [0.3, 0.4) is 0 Å². The molecule has 1 aliphatic heterocycles. The number of imidazole rings is 1. The third-order valence-corrected chi connectivity index (χ3v) is 4.35. The van der Waals surface area contributed by atoms with Gasteiger partial charge >= 0.3 is 0 Å². The largest absolute Gasteiger partial charge is 0.383 e. The second-order valence-corrected chi connectivity index (χ2v) is 6.11. The molecule has 1 amide bonds. The fourth-order valence-corrected chi connectivity index (χ4v) is 3.16. The molecule has 1 fully saturated rings. The van der Waals surface area contributed by atoms with E-state index in [0.717, 1.165) is 25.2 Å². The molecule has 0 saturated carbocycles. The number of nitrogens with zero attached hydrogens (tertiary/aromatic N) is 3. The molecule has 1 aromatic carbocycles. The average molecular weight is 313 g/mol. The standard InChI is InChI=1S/C18H23N3O2/c1-23-8-7-20-14-19-11-17(20)13-21-12-16(10-18(21)22)9-15-5-3-2-4-6-15/h2-6,11,14,16H,7-10,12-13H2,1H3/t16-/m1/s1. The monoisotopic (exact) mass is 313 g/mol. The lowest BCUT2D eigenvalue weighted by Gasteiger charge is -2.18. The number of ether oxygens (including phenoxy) is 1. The van der Waals surface area contributed by atoms with Crippen LogP contribution in [0, 0.1) is 5.92 Å². The lowest BCUT2D eigenvalue weighted by atomic mass is 9.99. The predicted molar refractivity (Wildman–Crippen MR) is 87.8 cm³/mol. The summed E-state index contributed by atoms with van der Waals surface area (Å²) in [4.78, 5) is 18.4. The van der Waals surface area contributed by atoms with E-state index >= 15 is 0 Å². The van der Waals surface area contributed by atoms with E-state index in [9.17, 15) is 4.79 Å². The summed E-state index contributed by atoms with van der Waals surface area (Å²) in [6.45, 7) is 2.87. The summed E-state index contributed by atoms with van der Waals surface area (Å²) in [7, 11) is 1.69. The van der Waals surface area contributed by atoms with Gasteiger partial charge in [-0.15, -0.1) is 0 Å². The molecular weight excluding hydrogens is 290 g/mol. The van der Waals surface area contributed by atoms with Gasteiger partial charge in [0.25, 0.3) is 0 Å². The maximum Gasteiger partial charge on any atom is 0.223 e. The first-order chi connectivity index (χ1) is 11.3. The molecule has 0 unspecified atom stereocenters. The minimum Gasteiger partial charge on any atom is -0.383 e. The number of hydrogen-bond acceptors (Lipinski definition) is 3. The molecule has 122 valence electrons. The van der Waals surface area contributed by atoms with E-state index in [2.05, 4.69) is 33.8 Å². The van der Waals surface area contributed by atoms with E-state index in [0.29, 0.717) is 25.5 Å². The summed E-state index contributed by atoms with van der Waals surface area (Å²) in [5.74, 6) is 0.644. The number of carbonyl (C=O) groups is 1. The number of hydrogen-bond donors (Lipinski definition) is 0. The van der Waals surface area contributed by atoms with Crippen LogP contribution < -0.4 is 0 Å². The van der Waals surface area contributed by atoms with Crippen LogP contribution in [0.2, 0.25) is 0 Å². The van der Waals surface area contributed by atoms with Gasteiger partial charge in [-0.3, -0.25) is 4.79 Å². The van der Waals surface area contributed by atoms with E-state index in [4.69, 9.17) is 4.74 Å². The SMILES string of the molecule is COCCn1cncc1CN1C[C@H](Cc2ccccc2)CC1=O. The van der Waals surface area contributed by atoms with Crippen LogP contribution in [0.4, 0.5) is 0 Å². The molecule has 0 N–H and O–H groups in total. The maximum atomic E-state index is 12.3. The van der Waals surface area contributed by atoms with Gasteiger partial charge in [-0.2, -0.15) is 0 Å². The van der Waals surface area contributed by atoms with Crippen molar-refractivity contribution in [2.24, 2.45) is 5.92 Å². The summed E-state index contributed by atoms with van der Waals surface area (Å²) >= 11 is 0. The highest BCUT2D eigenvalue weighted by Gasteiger charge is 2.30. The average Bonchev–Trinajstić information content (AvgIpc) is 3.13. The summed E-state index contributed by atoms with van der Waals surface area (Å²) in [5, 5.41) is 0. The van der Waals surface area contributed by atoms with Crippen molar-refractivity contribution < 1.29 is 9.53 Å². The van der Waals surface area contributed by atoms with Crippen molar-refractivity contribution in [3.63, 3.8) is 0 Å². The number of carbonyl (C=O) groups excluding carboxylic acids is 1. The molecule has 0 spiro atoms. The number of likely N-dealkylation sites (tertiary alicyclic amines) is 1. The molecule has 1 aliphatic rings. The number of benzene rings is 1. The van der Waals surface area contributed by atoms with Crippen LogP contribution in [-0.2, 0) is 29.0 Å². The Kier molecular flexibility index (Phi) is 5.08. The van der Waals surface area contributed by atoms with Crippen molar-refractivity contribution >= 4 is 5.91 Å². The molecule has 2 aromatic rings. The quantitative estimate of drug-likeness (QED) is 0.786. The Balaban J connectivity index is 1.59. The fraction of sp³-hybridized carbons (Fsp3) is 0.444. The smallest absolute Gasteiger partial charge is 0.223 e. The number of rotatable bonds is 7. The molecule has 0 bridgehead atoms. The molecule has 5 heteroatoms. The van der Waals surface area contributed by atoms with E-state index < -0.39 is 0 Å². The van der Waals surface area contributed by atoms with Crippen molar-refractivity contribution in [1.82, 2.24) is 14.5 Å². The maximum absolute atomic E-state index is 12.3. The van der Waals surface area contributed by atoms with Crippen molar-refractivity contribution in [1.29, 1.82) is 0 Å². The third kappa shape index (κ3) is 3.99. The molecule has 0 radical (unpaired) electrons. The molecule has 2 heterocycles. The summed E-state index contributed by atoms with van der Waals surface area (Å²) in [5.41, 5.74) is 2.37. The highest BCUT2D eigenvalue weighted by atomic mass is 16.5. The first-order valence-corrected chi connectivity index (χ1v) is 8.06. The number of methoxy groups -OCH3 is 1.